The predicted molar refractivity (Wildman–Crippen MR) is 90.4 cm³/mol. The van der Waals surface area contributed by atoms with Crippen LogP contribution in [0.5, 0.6) is 11.6 Å². The maximum atomic E-state index is 12.6. The van der Waals surface area contributed by atoms with Gasteiger partial charge in [-0.15, -0.1) is 0 Å². The minimum Gasteiger partial charge on any atom is -0.439 e. The van der Waals surface area contributed by atoms with Crippen LogP contribution in [0.4, 0.5) is 13.2 Å². The number of halogens is 3. The zero-order valence-corrected chi connectivity index (χ0v) is 13.8. The monoisotopic (exact) mass is 348 g/mol. The molecule has 1 N–H and O–H groups in total. The first-order valence-electron chi connectivity index (χ1n) is 8.14. The van der Waals surface area contributed by atoms with Gasteiger partial charge in [-0.25, -0.2) is 4.98 Å². The largest absolute Gasteiger partial charge is 0.439 e. The first-order valence-corrected chi connectivity index (χ1v) is 8.14. The summed E-state index contributed by atoms with van der Waals surface area (Å²) < 4.78 is 43.3. The van der Waals surface area contributed by atoms with Crippen molar-refractivity contribution in [3.05, 3.63) is 59.3 Å². The van der Waals surface area contributed by atoms with Crippen molar-refractivity contribution < 1.29 is 17.9 Å². The summed E-state index contributed by atoms with van der Waals surface area (Å²) in [6.45, 7) is 4.13. The van der Waals surface area contributed by atoms with E-state index in [0.717, 1.165) is 37.3 Å². The summed E-state index contributed by atoms with van der Waals surface area (Å²) in [5.74, 6) is 1.16. The maximum absolute atomic E-state index is 12.6. The predicted octanol–water partition coefficient (Wildman–Crippen LogP) is 4.91. The Morgan fingerprint density at radius 1 is 1.24 bits per heavy atom. The van der Waals surface area contributed by atoms with Crippen molar-refractivity contribution in [3.8, 4) is 11.6 Å². The first-order chi connectivity index (χ1) is 11.9. The molecule has 0 spiro atoms. The molecule has 1 saturated heterocycles. The van der Waals surface area contributed by atoms with Gasteiger partial charge < -0.3 is 10.1 Å². The number of aromatic nitrogens is 1. The summed E-state index contributed by atoms with van der Waals surface area (Å²) in [4.78, 5) is 3.73. The third-order valence-electron chi connectivity index (χ3n) is 4.17. The molecule has 3 rings (SSSR count). The molecule has 2 heterocycles. The van der Waals surface area contributed by atoms with E-state index in [1.165, 1.54) is 11.6 Å². The van der Waals surface area contributed by atoms with Crippen LogP contribution in [0.15, 0.2) is 48.2 Å². The van der Waals surface area contributed by atoms with Crippen LogP contribution in [-0.4, -0.2) is 18.1 Å². The van der Waals surface area contributed by atoms with Crippen molar-refractivity contribution in [1.29, 1.82) is 0 Å². The second kappa shape index (κ2) is 7.27. The van der Waals surface area contributed by atoms with Gasteiger partial charge in [-0.05, 0) is 42.6 Å². The number of piperidine rings is 1. The minimum atomic E-state index is -4.40. The van der Waals surface area contributed by atoms with Crippen molar-refractivity contribution >= 4 is 6.08 Å². The maximum Gasteiger partial charge on any atom is 0.417 e. The van der Waals surface area contributed by atoms with E-state index in [2.05, 4.69) is 23.3 Å². The lowest BCUT2D eigenvalue weighted by Gasteiger charge is -2.23. The number of ether oxygens (including phenoxy) is 1. The lowest BCUT2D eigenvalue weighted by Crippen LogP contribution is -2.29. The summed E-state index contributed by atoms with van der Waals surface area (Å²) in [5, 5.41) is 3.36. The van der Waals surface area contributed by atoms with Gasteiger partial charge in [0.15, 0.2) is 0 Å². The van der Waals surface area contributed by atoms with E-state index in [4.69, 9.17) is 4.74 Å². The fraction of sp³-hybridized carbons (Fsp3) is 0.316. The number of benzene rings is 1. The van der Waals surface area contributed by atoms with Gasteiger partial charge in [-0.2, -0.15) is 13.2 Å². The summed E-state index contributed by atoms with van der Waals surface area (Å²) in [6.07, 6.45) is -0.466. The van der Waals surface area contributed by atoms with Crippen LogP contribution in [0.2, 0.25) is 0 Å². The molecule has 0 amide bonds. The van der Waals surface area contributed by atoms with Gasteiger partial charge in [0, 0.05) is 18.8 Å². The van der Waals surface area contributed by atoms with Crippen molar-refractivity contribution in [2.45, 2.75) is 19.5 Å². The molecule has 1 aromatic carbocycles. The molecular formula is C19H19F3N2O. The summed E-state index contributed by atoms with van der Waals surface area (Å²) in [7, 11) is 0. The van der Waals surface area contributed by atoms with Gasteiger partial charge in [0.05, 0.1) is 5.56 Å². The number of hydrogen-bond acceptors (Lipinski definition) is 3. The molecule has 1 aliphatic heterocycles. The molecule has 6 heteroatoms. The smallest absolute Gasteiger partial charge is 0.417 e. The average molecular weight is 348 g/mol. The van der Waals surface area contributed by atoms with E-state index in [0.29, 0.717) is 11.7 Å². The van der Waals surface area contributed by atoms with Crippen LogP contribution in [0, 0.1) is 5.92 Å². The summed E-state index contributed by atoms with van der Waals surface area (Å²) >= 11 is 0. The Balaban J connectivity index is 1.74. The second-order valence-corrected chi connectivity index (χ2v) is 6.13. The van der Waals surface area contributed by atoms with E-state index in [9.17, 15) is 13.2 Å². The van der Waals surface area contributed by atoms with Crippen molar-refractivity contribution in [3.63, 3.8) is 0 Å². The van der Waals surface area contributed by atoms with Gasteiger partial charge >= 0.3 is 6.18 Å². The van der Waals surface area contributed by atoms with Crippen molar-refractivity contribution in [2.75, 3.05) is 13.1 Å². The van der Waals surface area contributed by atoms with Crippen LogP contribution < -0.4 is 10.1 Å². The molecule has 0 unspecified atom stereocenters. The number of rotatable bonds is 3. The molecule has 1 atom stereocenters. The zero-order chi connectivity index (χ0) is 17.9. The SMILES string of the molecule is C[C@@H]1CNCC/C1=C\c1cccc(Oc2ccc(C(F)(F)F)cn2)c1. The molecular weight excluding hydrogens is 329 g/mol. The Bertz CT molecular complexity index is 754. The highest BCUT2D eigenvalue weighted by Crippen LogP contribution is 2.30. The Labute approximate surface area is 144 Å². The zero-order valence-electron chi connectivity index (χ0n) is 13.8. The van der Waals surface area contributed by atoms with E-state index in [1.807, 2.05) is 18.2 Å². The number of hydrogen-bond donors (Lipinski definition) is 1. The molecule has 0 bridgehead atoms. The Hall–Kier alpha value is -2.34. The Morgan fingerprint density at radius 2 is 2.08 bits per heavy atom. The summed E-state index contributed by atoms with van der Waals surface area (Å²) in [6, 6.07) is 9.65. The molecule has 0 radical (unpaired) electrons. The lowest BCUT2D eigenvalue weighted by molar-refractivity contribution is -0.137. The van der Waals surface area contributed by atoms with Crippen LogP contribution in [0.3, 0.4) is 0 Å². The van der Waals surface area contributed by atoms with Crippen LogP contribution >= 0.6 is 0 Å². The Kier molecular flexibility index (Phi) is 5.08. The van der Waals surface area contributed by atoms with Gasteiger partial charge in [0.2, 0.25) is 5.88 Å². The highest BCUT2D eigenvalue weighted by molar-refractivity contribution is 5.56. The molecule has 1 fully saturated rings. The molecule has 3 nitrogen and oxygen atoms in total. The molecule has 132 valence electrons. The fourth-order valence-corrected chi connectivity index (χ4v) is 2.75. The molecule has 0 aliphatic carbocycles. The van der Waals surface area contributed by atoms with Crippen molar-refractivity contribution in [1.82, 2.24) is 10.3 Å². The molecule has 0 saturated carbocycles. The van der Waals surface area contributed by atoms with Crippen LogP contribution in [0.25, 0.3) is 6.08 Å². The Morgan fingerprint density at radius 3 is 2.76 bits per heavy atom. The number of nitrogens with zero attached hydrogens (tertiary/aromatic N) is 1. The van der Waals surface area contributed by atoms with E-state index in [-0.39, 0.29) is 5.88 Å². The molecule has 2 aromatic rings. The first kappa shape index (κ1) is 17.5. The standard InChI is InChI=1S/C19H19F3N2O/c1-13-11-23-8-7-15(13)9-14-3-2-4-17(10-14)25-18-6-5-16(12-24-18)19(20,21)22/h2-6,9-10,12-13,23H,7-8,11H2,1H3/b15-9+/t13-/m1/s1. The lowest BCUT2D eigenvalue weighted by atomic mass is 9.93. The highest BCUT2D eigenvalue weighted by Gasteiger charge is 2.30. The normalized spacial score (nSPS) is 19.8. The minimum absolute atomic E-state index is 0.132. The van der Waals surface area contributed by atoms with E-state index >= 15 is 0 Å². The summed E-state index contributed by atoms with van der Waals surface area (Å²) in [5.41, 5.74) is 1.59. The topological polar surface area (TPSA) is 34.1 Å². The third kappa shape index (κ3) is 4.60. The molecule has 1 aromatic heterocycles. The van der Waals surface area contributed by atoms with Gasteiger partial charge in [0.1, 0.15) is 5.75 Å². The van der Waals surface area contributed by atoms with Gasteiger partial charge in [0.25, 0.3) is 0 Å². The fourth-order valence-electron chi connectivity index (χ4n) is 2.75. The van der Waals surface area contributed by atoms with Gasteiger partial charge in [-0.1, -0.05) is 30.7 Å². The molecule has 25 heavy (non-hydrogen) atoms. The quantitative estimate of drug-likeness (QED) is 0.856. The average Bonchev–Trinajstić information content (AvgIpc) is 2.57. The van der Waals surface area contributed by atoms with E-state index < -0.39 is 11.7 Å². The van der Waals surface area contributed by atoms with Crippen LogP contribution in [-0.2, 0) is 6.18 Å². The number of nitrogens with one attached hydrogen (secondary N) is 1. The van der Waals surface area contributed by atoms with E-state index in [1.54, 1.807) is 6.07 Å². The van der Waals surface area contributed by atoms with Crippen molar-refractivity contribution in [2.24, 2.45) is 5.92 Å². The van der Waals surface area contributed by atoms with Crippen LogP contribution in [0.1, 0.15) is 24.5 Å². The number of pyridine rings is 1. The highest BCUT2D eigenvalue weighted by atomic mass is 19.4. The van der Waals surface area contributed by atoms with Gasteiger partial charge in [-0.3, -0.25) is 0 Å². The molecule has 1 aliphatic rings. The number of alkyl halides is 3. The third-order valence-corrected chi connectivity index (χ3v) is 4.17. The second-order valence-electron chi connectivity index (χ2n) is 6.13.